The number of nitrogens with zero attached hydrogens (tertiary/aromatic N) is 2. The zero-order chi connectivity index (χ0) is 14.2. The summed E-state index contributed by atoms with van der Waals surface area (Å²) in [7, 11) is 0. The van der Waals surface area contributed by atoms with E-state index in [4.69, 9.17) is 0 Å². The zero-order valence-corrected chi connectivity index (χ0v) is 13.6. The van der Waals surface area contributed by atoms with E-state index in [1.54, 1.807) is 0 Å². The number of aromatic nitrogens is 1. The lowest BCUT2D eigenvalue weighted by Gasteiger charge is -2.39. The molecule has 20 heavy (non-hydrogen) atoms. The van der Waals surface area contributed by atoms with Gasteiger partial charge in [-0.05, 0) is 39.7 Å². The smallest absolute Gasteiger partial charge is 0.0446 e. The monoisotopic (exact) mass is 291 g/mol. The Hall–Kier alpha value is -0.740. The van der Waals surface area contributed by atoms with E-state index in [0.717, 1.165) is 31.4 Å². The topological polar surface area (TPSA) is 28.2 Å². The first kappa shape index (κ1) is 14.2. The molecule has 4 heteroatoms. The van der Waals surface area contributed by atoms with Crippen LogP contribution in [0.2, 0.25) is 0 Å². The van der Waals surface area contributed by atoms with E-state index in [-0.39, 0.29) is 0 Å². The van der Waals surface area contributed by atoms with E-state index in [9.17, 15) is 0 Å². The molecule has 0 aromatic carbocycles. The van der Waals surface area contributed by atoms with E-state index >= 15 is 0 Å². The quantitative estimate of drug-likeness (QED) is 0.923. The Morgan fingerprint density at radius 1 is 1.45 bits per heavy atom. The third kappa shape index (κ3) is 3.47. The highest BCUT2D eigenvalue weighted by Crippen LogP contribution is 2.34. The average molecular weight is 291 g/mol. The van der Waals surface area contributed by atoms with Gasteiger partial charge in [-0.3, -0.25) is 4.98 Å². The van der Waals surface area contributed by atoms with Gasteiger partial charge in [0, 0.05) is 59.3 Å². The molecule has 1 saturated carbocycles. The molecule has 2 aliphatic rings. The lowest BCUT2D eigenvalue weighted by Crippen LogP contribution is -2.43. The highest BCUT2D eigenvalue weighted by atomic mass is 32.2. The maximum Gasteiger partial charge on any atom is 0.0446 e. The molecular formula is C16H25N3S. The van der Waals surface area contributed by atoms with E-state index in [1.165, 1.54) is 29.8 Å². The summed E-state index contributed by atoms with van der Waals surface area (Å²) >= 11 is 2.08. The number of hydrogen-bond donors (Lipinski definition) is 1. The van der Waals surface area contributed by atoms with Gasteiger partial charge in [0.2, 0.25) is 0 Å². The van der Waals surface area contributed by atoms with Crippen molar-refractivity contribution in [1.29, 1.82) is 0 Å². The van der Waals surface area contributed by atoms with Gasteiger partial charge in [0.1, 0.15) is 0 Å². The molecule has 0 amide bonds. The predicted molar refractivity (Wildman–Crippen MR) is 87.6 cm³/mol. The Kier molecular flexibility index (Phi) is 3.95. The fourth-order valence-corrected chi connectivity index (χ4v) is 3.88. The summed E-state index contributed by atoms with van der Waals surface area (Å²) in [4.78, 5) is 7.05. The molecular weight excluding hydrogens is 266 g/mol. The summed E-state index contributed by atoms with van der Waals surface area (Å²) < 4.78 is 0.344. The maximum atomic E-state index is 4.50. The van der Waals surface area contributed by atoms with Gasteiger partial charge in [0.05, 0.1) is 0 Å². The van der Waals surface area contributed by atoms with Crippen LogP contribution >= 0.6 is 11.8 Å². The fraction of sp³-hybridized carbons (Fsp3) is 0.688. The second kappa shape index (κ2) is 5.57. The average Bonchev–Trinajstić information content (AvgIpc) is 3.20. The molecule has 0 spiro atoms. The fourth-order valence-electron chi connectivity index (χ4n) is 2.77. The van der Waals surface area contributed by atoms with Gasteiger partial charge in [-0.15, -0.1) is 0 Å². The van der Waals surface area contributed by atoms with Crippen LogP contribution in [-0.4, -0.2) is 34.6 Å². The molecule has 0 bridgehead atoms. The molecule has 1 N–H and O–H groups in total. The number of nitrogens with one attached hydrogen (secondary N) is 1. The molecule has 2 fully saturated rings. The first-order valence-electron chi connectivity index (χ1n) is 7.61. The van der Waals surface area contributed by atoms with Gasteiger partial charge >= 0.3 is 0 Å². The van der Waals surface area contributed by atoms with Crippen molar-refractivity contribution in [2.24, 2.45) is 0 Å². The van der Waals surface area contributed by atoms with Crippen LogP contribution in [0.25, 0.3) is 0 Å². The number of aryl methyl sites for hydroxylation is 1. The second-order valence-electron chi connectivity index (χ2n) is 6.64. The Balaban J connectivity index is 1.80. The largest absolute Gasteiger partial charge is 0.369 e. The lowest BCUT2D eigenvalue weighted by atomic mass is 10.1. The van der Waals surface area contributed by atoms with Gasteiger partial charge < -0.3 is 10.2 Å². The minimum Gasteiger partial charge on any atom is -0.369 e. The highest BCUT2D eigenvalue weighted by molar-refractivity contribution is 8.00. The van der Waals surface area contributed by atoms with Crippen molar-refractivity contribution in [2.45, 2.75) is 50.9 Å². The summed E-state index contributed by atoms with van der Waals surface area (Å²) in [5.74, 6) is 1.21. The van der Waals surface area contributed by atoms with Crippen molar-refractivity contribution < 1.29 is 0 Å². The van der Waals surface area contributed by atoms with Gasteiger partial charge in [0.25, 0.3) is 0 Å². The second-order valence-corrected chi connectivity index (χ2v) is 8.44. The number of hydrogen-bond acceptors (Lipinski definition) is 4. The number of thioether (sulfide) groups is 1. The van der Waals surface area contributed by atoms with E-state index in [2.05, 4.69) is 60.0 Å². The van der Waals surface area contributed by atoms with Crippen molar-refractivity contribution >= 4 is 17.4 Å². The normalized spacial score (nSPS) is 22.1. The van der Waals surface area contributed by atoms with E-state index in [0.29, 0.717) is 4.75 Å². The molecule has 2 heterocycles. The Bertz CT molecular complexity index is 483. The zero-order valence-electron chi connectivity index (χ0n) is 12.8. The summed E-state index contributed by atoms with van der Waals surface area (Å²) in [6, 6.07) is 3.01. The molecule has 3 rings (SSSR count). The maximum absolute atomic E-state index is 4.50. The minimum atomic E-state index is 0.344. The molecule has 1 aromatic rings. The third-order valence-corrected chi connectivity index (χ3v) is 5.32. The molecule has 0 atom stereocenters. The first-order chi connectivity index (χ1) is 9.53. The standard InChI is InChI=1S/C16H25N3S/c1-12-8-15(19-6-7-20-16(2,3)11-19)13(9-17-12)10-18-14-4-5-14/h8-9,14,18H,4-7,10-11H2,1-3H3. The van der Waals surface area contributed by atoms with Crippen LogP contribution in [0.3, 0.4) is 0 Å². The Labute approximate surface area is 126 Å². The van der Waals surface area contributed by atoms with E-state index in [1.807, 2.05) is 0 Å². The van der Waals surface area contributed by atoms with Crippen LogP contribution in [-0.2, 0) is 6.54 Å². The van der Waals surface area contributed by atoms with Crippen LogP contribution in [0.5, 0.6) is 0 Å². The van der Waals surface area contributed by atoms with Crippen LogP contribution in [0.1, 0.15) is 37.9 Å². The van der Waals surface area contributed by atoms with Crippen LogP contribution in [0.4, 0.5) is 5.69 Å². The molecule has 1 aromatic heterocycles. The number of anilines is 1. The Morgan fingerprint density at radius 2 is 2.25 bits per heavy atom. The van der Waals surface area contributed by atoms with Crippen LogP contribution < -0.4 is 10.2 Å². The van der Waals surface area contributed by atoms with Gasteiger partial charge in [-0.2, -0.15) is 11.8 Å². The van der Waals surface area contributed by atoms with Crippen molar-refractivity contribution in [3.8, 4) is 0 Å². The summed E-state index contributed by atoms with van der Waals surface area (Å²) in [6.07, 6.45) is 4.73. The van der Waals surface area contributed by atoms with Gasteiger partial charge in [0.15, 0.2) is 0 Å². The molecule has 1 aliphatic carbocycles. The van der Waals surface area contributed by atoms with Crippen molar-refractivity contribution in [3.05, 3.63) is 23.5 Å². The van der Waals surface area contributed by atoms with Crippen LogP contribution in [0.15, 0.2) is 12.3 Å². The molecule has 3 nitrogen and oxygen atoms in total. The molecule has 1 saturated heterocycles. The van der Waals surface area contributed by atoms with Crippen molar-refractivity contribution in [1.82, 2.24) is 10.3 Å². The first-order valence-corrected chi connectivity index (χ1v) is 8.60. The number of rotatable bonds is 4. The van der Waals surface area contributed by atoms with Crippen molar-refractivity contribution in [2.75, 3.05) is 23.7 Å². The molecule has 0 unspecified atom stereocenters. The van der Waals surface area contributed by atoms with E-state index < -0.39 is 0 Å². The Morgan fingerprint density at radius 3 is 2.95 bits per heavy atom. The summed E-state index contributed by atoms with van der Waals surface area (Å²) in [5, 5.41) is 3.62. The third-order valence-electron chi connectivity index (χ3n) is 4.02. The van der Waals surface area contributed by atoms with Crippen molar-refractivity contribution in [3.63, 3.8) is 0 Å². The predicted octanol–water partition coefficient (Wildman–Crippen LogP) is 2.97. The lowest BCUT2D eigenvalue weighted by molar-refractivity contribution is 0.637. The molecule has 110 valence electrons. The summed E-state index contributed by atoms with van der Waals surface area (Å²) in [5.41, 5.74) is 3.86. The van der Waals surface area contributed by atoms with Gasteiger partial charge in [-0.25, -0.2) is 0 Å². The highest BCUT2D eigenvalue weighted by Gasteiger charge is 2.28. The van der Waals surface area contributed by atoms with Gasteiger partial charge in [-0.1, -0.05) is 0 Å². The van der Waals surface area contributed by atoms with Crippen LogP contribution in [0, 0.1) is 6.92 Å². The molecule has 0 radical (unpaired) electrons. The number of pyridine rings is 1. The summed E-state index contributed by atoms with van der Waals surface area (Å²) in [6.45, 7) is 10.0. The SMILES string of the molecule is Cc1cc(N2CCSC(C)(C)C2)c(CNC2CC2)cn1. The molecule has 1 aliphatic heterocycles. The minimum absolute atomic E-state index is 0.344.